The average Bonchev–Trinajstić information content (AvgIpc) is 3.08. The molecule has 1 atom stereocenters. The largest absolute Gasteiger partial charge is 0.316 e. The van der Waals surface area contributed by atoms with Crippen LogP contribution in [0.1, 0.15) is 12.8 Å². The summed E-state index contributed by atoms with van der Waals surface area (Å²) in [5.41, 5.74) is 2.46. The molecule has 1 aliphatic rings. The van der Waals surface area contributed by atoms with E-state index in [1.165, 1.54) is 0 Å². The smallest absolute Gasteiger partial charge is 0.231 e. The Morgan fingerprint density at radius 2 is 2.32 bits per heavy atom. The molecule has 0 bridgehead atoms. The van der Waals surface area contributed by atoms with Crippen LogP contribution in [0, 0.1) is 5.92 Å². The summed E-state index contributed by atoms with van der Waals surface area (Å²) in [5.74, 6) is 0.273. The van der Waals surface area contributed by atoms with Gasteiger partial charge in [0.2, 0.25) is 11.9 Å². The van der Waals surface area contributed by atoms with Gasteiger partial charge in [-0.25, -0.2) is 9.97 Å². The molecule has 0 radical (unpaired) electrons. The van der Waals surface area contributed by atoms with Gasteiger partial charge in [0.25, 0.3) is 0 Å². The Hall–Kier alpha value is -2.87. The second-order valence-corrected chi connectivity index (χ2v) is 6.28. The second kappa shape index (κ2) is 6.56. The maximum Gasteiger partial charge on any atom is 0.231 e. The summed E-state index contributed by atoms with van der Waals surface area (Å²) >= 11 is 0. The standard InChI is InChI=1S/C17H19N7O/c1-24-10-15(22-23-24)11-4-5-12-9-19-17(20-14(12)7-11)21-16(25)13-3-2-6-18-8-13/h4-5,7,9-10,13,18H,2-3,6,8H2,1H3,(H,19,20,21,25). The van der Waals surface area contributed by atoms with E-state index in [-0.39, 0.29) is 11.8 Å². The van der Waals surface area contributed by atoms with E-state index in [9.17, 15) is 4.79 Å². The van der Waals surface area contributed by atoms with Gasteiger partial charge in [0.15, 0.2) is 0 Å². The molecule has 1 unspecified atom stereocenters. The fourth-order valence-corrected chi connectivity index (χ4v) is 3.01. The molecule has 0 spiro atoms. The summed E-state index contributed by atoms with van der Waals surface area (Å²) in [7, 11) is 1.83. The van der Waals surface area contributed by atoms with E-state index in [1.54, 1.807) is 10.9 Å². The molecule has 1 aromatic carbocycles. The molecule has 0 aliphatic carbocycles. The van der Waals surface area contributed by atoms with E-state index in [2.05, 4.69) is 30.9 Å². The highest BCUT2D eigenvalue weighted by atomic mass is 16.2. The van der Waals surface area contributed by atoms with Gasteiger partial charge in [-0.05, 0) is 25.5 Å². The maximum absolute atomic E-state index is 12.3. The van der Waals surface area contributed by atoms with Gasteiger partial charge in [-0.3, -0.25) is 14.8 Å². The van der Waals surface area contributed by atoms with Crippen molar-refractivity contribution < 1.29 is 4.79 Å². The second-order valence-electron chi connectivity index (χ2n) is 6.28. The van der Waals surface area contributed by atoms with Crippen LogP contribution in [0.3, 0.4) is 0 Å². The lowest BCUT2D eigenvalue weighted by Gasteiger charge is -2.21. The van der Waals surface area contributed by atoms with Crippen molar-refractivity contribution in [3.8, 4) is 11.3 Å². The van der Waals surface area contributed by atoms with E-state index in [4.69, 9.17) is 0 Å². The zero-order chi connectivity index (χ0) is 17.2. The van der Waals surface area contributed by atoms with Gasteiger partial charge in [0.05, 0.1) is 17.6 Å². The number of fused-ring (bicyclic) bond motifs is 1. The number of nitrogens with one attached hydrogen (secondary N) is 2. The number of rotatable bonds is 3. The summed E-state index contributed by atoms with van der Waals surface area (Å²) < 4.78 is 1.66. The molecule has 2 aromatic heterocycles. The van der Waals surface area contributed by atoms with E-state index in [0.29, 0.717) is 12.5 Å². The highest BCUT2D eigenvalue weighted by molar-refractivity contribution is 5.92. The van der Waals surface area contributed by atoms with Gasteiger partial charge in [0.1, 0.15) is 5.69 Å². The molecule has 1 saturated heterocycles. The van der Waals surface area contributed by atoms with Crippen LogP contribution in [0.5, 0.6) is 0 Å². The Labute approximate surface area is 144 Å². The summed E-state index contributed by atoms with van der Waals surface area (Å²) in [6, 6.07) is 5.83. The van der Waals surface area contributed by atoms with Crippen LogP contribution in [-0.4, -0.2) is 44.0 Å². The fourth-order valence-electron chi connectivity index (χ4n) is 3.01. The van der Waals surface area contributed by atoms with Crippen molar-refractivity contribution in [3.05, 3.63) is 30.6 Å². The van der Waals surface area contributed by atoms with Gasteiger partial charge >= 0.3 is 0 Å². The minimum Gasteiger partial charge on any atom is -0.316 e. The Morgan fingerprint density at radius 1 is 1.40 bits per heavy atom. The molecule has 2 N–H and O–H groups in total. The number of hydrogen-bond donors (Lipinski definition) is 2. The zero-order valence-corrected chi connectivity index (χ0v) is 13.9. The van der Waals surface area contributed by atoms with E-state index >= 15 is 0 Å². The minimum atomic E-state index is -0.0309. The average molecular weight is 337 g/mol. The van der Waals surface area contributed by atoms with Crippen LogP contribution >= 0.6 is 0 Å². The third-order valence-electron chi connectivity index (χ3n) is 4.38. The number of carbonyl (C=O) groups is 1. The number of piperidine rings is 1. The Balaban J connectivity index is 1.59. The number of carbonyl (C=O) groups excluding carboxylic acids is 1. The van der Waals surface area contributed by atoms with Gasteiger partial charge in [-0.2, -0.15) is 0 Å². The fraction of sp³-hybridized carbons (Fsp3) is 0.353. The van der Waals surface area contributed by atoms with Crippen LogP contribution in [0.2, 0.25) is 0 Å². The monoisotopic (exact) mass is 337 g/mol. The molecule has 0 saturated carbocycles. The van der Waals surface area contributed by atoms with Gasteiger partial charge in [-0.15, -0.1) is 5.10 Å². The van der Waals surface area contributed by atoms with Crippen molar-refractivity contribution >= 4 is 22.8 Å². The first-order chi connectivity index (χ1) is 12.2. The SMILES string of the molecule is Cn1cc(-c2ccc3cnc(NC(=O)C4CCCNC4)nc3c2)nn1. The summed E-state index contributed by atoms with van der Waals surface area (Å²) in [5, 5.41) is 15.1. The third kappa shape index (κ3) is 3.34. The van der Waals surface area contributed by atoms with Crippen LogP contribution in [0.15, 0.2) is 30.6 Å². The first-order valence-corrected chi connectivity index (χ1v) is 8.34. The molecule has 3 aromatic rings. The van der Waals surface area contributed by atoms with E-state index < -0.39 is 0 Å². The van der Waals surface area contributed by atoms with Crippen molar-refractivity contribution in [3.63, 3.8) is 0 Å². The van der Waals surface area contributed by atoms with Crippen LogP contribution < -0.4 is 10.6 Å². The molecular formula is C17H19N7O. The quantitative estimate of drug-likeness (QED) is 0.749. The molecule has 1 amide bonds. The zero-order valence-electron chi connectivity index (χ0n) is 13.9. The van der Waals surface area contributed by atoms with E-state index in [0.717, 1.165) is 41.5 Å². The van der Waals surface area contributed by atoms with Crippen molar-refractivity contribution in [2.24, 2.45) is 13.0 Å². The molecule has 1 aliphatic heterocycles. The molecule has 8 heteroatoms. The van der Waals surface area contributed by atoms with Crippen molar-refractivity contribution in [2.75, 3.05) is 18.4 Å². The molecular weight excluding hydrogens is 318 g/mol. The van der Waals surface area contributed by atoms with E-state index in [1.807, 2.05) is 31.4 Å². The molecule has 1 fully saturated rings. The normalized spacial score (nSPS) is 17.6. The number of benzene rings is 1. The number of hydrogen-bond acceptors (Lipinski definition) is 6. The van der Waals surface area contributed by atoms with Crippen LogP contribution in [-0.2, 0) is 11.8 Å². The molecule has 8 nitrogen and oxygen atoms in total. The van der Waals surface area contributed by atoms with Gasteiger partial charge in [-0.1, -0.05) is 17.3 Å². The molecule has 3 heterocycles. The lowest BCUT2D eigenvalue weighted by molar-refractivity contribution is -0.120. The summed E-state index contributed by atoms with van der Waals surface area (Å²) in [6.45, 7) is 1.68. The molecule has 25 heavy (non-hydrogen) atoms. The Bertz CT molecular complexity index is 914. The first kappa shape index (κ1) is 15.6. The Morgan fingerprint density at radius 3 is 3.08 bits per heavy atom. The minimum absolute atomic E-state index is 0.0287. The summed E-state index contributed by atoms with van der Waals surface area (Å²) in [4.78, 5) is 21.1. The lowest BCUT2D eigenvalue weighted by atomic mass is 9.99. The topological polar surface area (TPSA) is 97.6 Å². The number of aryl methyl sites for hydroxylation is 1. The van der Waals surface area contributed by atoms with Gasteiger partial charge < -0.3 is 5.32 Å². The number of anilines is 1. The van der Waals surface area contributed by atoms with Crippen LogP contribution in [0.25, 0.3) is 22.2 Å². The lowest BCUT2D eigenvalue weighted by Crippen LogP contribution is -2.37. The number of amides is 1. The first-order valence-electron chi connectivity index (χ1n) is 8.34. The van der Waals surface area contributed by atoms with Crippen LogP contribution in [0.4, 0.5) is 5.95 Å². The van der Waals surface area contributed by atoms with Crippen molar-refractivity contribution in [1.29, 1.82) is 0 Å². The maximum atomic E-state index is 12.3. The van der Waals surface area contributed by atoms with Gasteiger partial charge in [0, 0.05) is 30.7 Å². The van der Waals surface area contributed by atoms with Crippen molar-refractivity contribution in [1.82, 2.24) is 30.3 Å². The highest BCUT2D eigenvalue weighted by Crippen LogP contribution is 2.22. The third-order valence-corrected chi connectivity index (χ3v) is 4.38. The predicted octanol–water partition coefficient (Wildman–Crippen LogP) is 1.36. The highest BCUT2D eigenvalue weighted by Gasteiger charge is 2.21. The summed E-state index contributed by atoms with van der Waals surface area (Å²) in [6.07, 6.45) is 5.47. The Kier molecular flexibility index (Phi) is 4.10. The number of aromatic nitrogens is 5. The number of nitrogens with zero attached hydrogens (tertiary/aromatic N) is 5. The molecule has 128 valence electrons. The molecule has 4 rings (SSSR count). The van der Waals surface area contributed by atoms with Crippen molar-refractivity contribution in [2.45, 2.75) is 12.8 Å². The predicted molar refractivity (Wildman–Crippen MR) is 93.8 cm³/mol.